The molecular formula is C14H18Cl2N2O3. The van der Waals surface area contributed by atoms with Crippen LogP contribution in [0.25, 0.3) is 0 Å². The maximum Gasteiger partial charge on any atom is 0.234 e. The fourth-order valence-electron chi connectivity index (χ4n) is 1.52. The van der Waals surface area contributed by atoms with E-state index in [1.165, 1.54) is 0 Å². The topological polar surface area (TPSA) is 67.4 Å². The predicted octanol–water partition coefficient (Wildman–Crippen LogP) is 1.97. The molecule has 1 rings (SSSR count). The van der Waals surface area contributed by atoms with E-state index in [9.17, 15) is 9.59 Å². The number of ether oxygens (including phenoxy) is 1. The summed E-state index contributed by atoms with van der Waals surface area (Å²) < 4.78 is 5.48. The molecule has 0 heterocycles. The average Bonchev–Trinajstić information content (AvgIpc) is 2.49. The monoisotopic (exact) mass is 332 g/mol. The molecule has 0 aliphatic rings. The van der Waals surface area contributed by atoms with E-state index in [0.29, 0.717) is 43.3 Å². The molecule has 5 nitrogen and oxygen atoms in total. The van der Waals surface area contributed by atoms with Gasteiger partial charge in [-0.05, 0) is 18.6 Å². The molecule has 0 spiro atoms. The highest BCUT2D eigenvalue weighted by Crippen LogP contribution is 2.23. The Hall–Kier alpha value is -1.46. The van der Waals surface area contributed by atoms with Gasteiger partial charge in [-0.15, -0.1) is 11.6 Å². The van der Waals surface area contributed by atoms with Gasteiger partial charge in [-0.25, -0.2) is 0 Å². The molecule has 0 aliphatic heterocycles. The lowest BCUT2D eigenvalue weighted by atomic mass is 10.3. The second kappa shape index (κ2) is 10.3. The van der Waals surface area contributed by atoms with Crippen LogP contribution >= 0.6 is 23.2 Å². The van der Waals surface area contributed by atoms with Crippen molar-refractivity contribution >= 4 is 35.0 Å². The van der Waals surface area contributed by atoms with Gasteiger partial charge < -0.3 is 15.4 Å². The lowest BCUT2D eigenvalue weighted by Crippen LogP contribution is -2.35. The zero-order chi connectivity index (χ0) is 15.5. The summed E-state index contributed by atoms with van der Waals surface area (Å²) >= 11 is 11.3. The summed E-state index contributed by atoms with van der Waals surface area (Å²) in [5.41, 5.74) is 0. The van der Waals surface area contributed by atoms with E-state index in [-0.39, 0.29) is 17.7 Å². The lowest BCUT2D eigenvalue weighted by Gasteiger charge is -2.08. The average molecular weight is 333 g/mol. The molecule has 0 bridgehead atoms. The number of hydrogen-bond donors (Lipinski definition) is 2. The van der Waals surface area contributed by atoms with Crippen LogP contribution in [0, 0.1) is 0 Å². The first-order valence-corrected chi connectivity index (χ1v) is 7.51. The zero-order valence-electron chi connectivity index (χ0n) is 11.5. The Bertz CT molecular complexity index is 469. The highest BCUT2D eigenvalue weighted by Gasteiger charge is 2.03. The van der Waals surface area contributed by atoms with E-state index in [1.807, 2.05) is 12.1 Å². The summed E-state index contributed by atoms with van der Waals surface area (Å²) in [6.07, 6.45) is 0.943. The van der Waals surface area contributed by atoms with E-state index in [4.69, 9.17) is 27.9 Å². The van der Waals surface area contributed by atoms with Crippen molar-refractivity contribution in [1.82, 2.24) is 10.6 Å². The van der Waals surface area contributed by atoms with Crippen LogP contribution in [0.2, 0.25) is 5.02 Å². The van der Waals surface area contributed by atoms with Crippen molar-refractivity contribution in [3.05, 3.63) is 29.3 Å². The van der Waals surface area contributed by atoms with Crippen molar-refractivity contribution in [3.8, 4) is 5.75 Å². The van der Waals surface area contributed by atoms with E-state index >= 15 is 0 Å². The van der Waals surface area contributed by atoms with Crippen LogP contribution in [0.4, 0.5) is 0 Å². The summed E-state index contributed by atoms with van der Waals surface area (Å²) in [6, 6.07) is 7.19. The molecule has 1 aromatic rings. The summed E-state index contributed by atoms with van der Waals surface area (Å²) in [5.74, 6) is 0.202. The van der Waals surface area contributed by atoms with Crippen LogP contribution in [0.3, 0.4) is 0 Å². The molecular weight excluding hydrogens is 315 g/mol. The Labute approximate surface area is 133 Å². The number of halogens is 2. The van der Waals surface area contributed by atoms with Crippen LogP contribution in [0.1, 0.15) is 12.8 Å². The fourth-order valence-corrected chi connectivity index (χ4v) is 1.80. The number of rotatable bonds is 9. The first-order chi connectivity index (χ1) is 10.1. The van der Waals surface area contributed by atoms with Crippen molar-refractivity contribution in [2.24, 2.45) is 0 Å². The van der Waals surface area contributed by atoms with Crippen LogP contribution < -0.4 is 15.4 Å². The highest BCUT2D eigenvalue weighted by atomic mass is 35.5. The van der Waals surface area contributed by atoms with Crippen LogP contribution in [0.5, 0.6) is 5.75 Å². The minimum Gasteiger partial charge on any atom is -0.492 e. The minimum absolute atomic E-state index is 0.0761. The van der Waals surface area contributed by atoms with Gasteiger partial charge in [0.1, 0.15) is 11.6 Å². The van der Waals surface area contributed by atoms with Crippen molar-refractivity contribution in [1.29, 1.82) is 0 Å². The van der Waals surface area contributed by atoms with Gasteiger partial charge in [0.2, 0.25) is 11.8 Å². The number of carbonyl (C=O) groups is 2. The van der Waals surface area contributed by atoms with Crippen molar-refractivity contribution in [2.75, 3.05) is 25.6 Å². The molecule has 0 unspecified atom stereocenters. The molecule has 0 aromatic heterocycles. The number of alkyl halides is 1. The van der Waals surface area contributed by atoms with E-state index in [0.717, 1.165) is 0 Å². The summed E-state index contributed by atoms with van der Waals surface area (Å²) in [7, 11) is 0. The molecule has 0 atom stereocenters. The summed E-state index contributed by atoms with van der Waals surface area (Å²) in [6.45, 7) is 1.17. The van der Waals surface area contributed by atoms with Crippen LogP contribution in [0.15, 0.2) is 24.3 Å². The fraction of sp³-hybridized carbons (Fsp3) is 0.429. The molecule has 0 saturated heterocycles. The number of amides is 2. The molecule has 0 fully saturated rings. The number of nitrogens with one attached hydrogen (secondary N) is 2. The largest absolute Gasteiger partial charge is 0.492 e. The standard InChI is InChI=1S/C14H18Cl2N2O3/c15-10-14(20)18-8-7-17-13(19)6-3-9-21-12-5-2-1-4-11(12)16/h1-2,4-5H,3,6-10H2,(H,17,19)(H,18,20). The first kappa shape index (κ1) is 17.6. The maximum absolute atomic E-state index is 11.5. The Kier molecular flexibility index (Phi) is 8.62. The molecule has 1 aromatic carbocycles. The quantitative estimate of drug-likeness (QED) is 0.536. The van der Waals surface area contributed by atoms with Gasteiger partial charge >= 0.3 is 0 Å². The number of hydrogen-bond acceptors (Lipinski definition) is 3. The van der Waals surface area contributed by atoms with E-state index < -0.39 is 0 Å². The van der Waals surface area contributed by atoms with Gasteiger partial charge in [-0.3, -0.25) is 9.59 Å². The Morgan fingerprint density at radius 1 is 1.10 bits per heavy atom. The first-order valence-electron chi connectivity index (χ1n) is 6.60. The molecule has 7 heteroatoms. The number of para-hydroxylation sites is 1. The van der Waals surface area contributed by atoms with E-state index in [1.54, 1.807) is 12.1 Å². The maximum atomic E-state index is 11.5. The van der Waals surface area contributed by atoms with E-state index in [2.05, 4.69) is 10.6 Å². The third-order valence-corrected chi connectivity index (χ3v) is 3.09. The smallest absolute Gasteiger partial charge is 0.234 e. The molecule has 0 radical (unpaired) electrons. The SMILES string of the molecule is O=C(CCl)NCCNC(=O)CCCOc1ccccc1Cl. The molecule has 2 N–H and O–H groups in total. The molecule has 0 aliphatic carbocycles. The number of carbonyl (C=O) groups excluding carboxylic acids is 2. The second-order valence-corrected chi connectivity index (χ2v) is 4.89. The van der Waals surface area contributed by atoms with Gasteiger partial charge in [0, 0.05) is 19.5 Å². The third kappa shape index (κ3) is 7.78. The Morgan fingerprint density at radius 3 is 2.43 bits per heavy atom. The van der Waals surface area contributed by atoms with Crippen molar-refractivity contribution in [3.63, 3.8) is 0 Å². The van der Waals surface area contributed by atoms with Gasteiger partial charge in [0.15, 0.2) is 0 Å². The van der Waals surface area contributed by atoms with Crippen molar-refractivity contribution in [2.45, 2.75) is 12.8 Å². The summed E-state index contributed by atoms with van der Waals surface area (Å²) in [5, 5.41) is 5.80. The normalized spacial score (nSPS) is 10.0. The Balaban J connectivity index is 2.06. The van der Waals surface area contributed by atoms with Crippen molar-refractivity contribution < 1.29 is 14.3 Å². The molecule has 0 saturated carbocycles. The minimum atomic E-state index is -0.251. The van der Waals surface area contributed by atoms with Gasteiger partial charge in [0.05, 0.1) is 11.6 Å². The predicted molar refractivity (Wildman–Crippen MR) is 82.9 cm³/mol. The Morgan fingerprint density at radius 2 is 1.76 bits per heavy atom. The molecule has 116 valence electrons. The lowest BCUT2D eigenvalue weighted by molar-refractivity contribution is -0.122. The number of benzene rings is 1. The van der Waals surface area contributed by atoms with Gasteiger partial charge in [-0.1, -0.05) is 23.7 Å². The second-order valence-electron chi connectivity index (χ2n) is 4.22. The van der Waals surface area contributed by atoms with Gasteiger partial charge in [0.25, 0.3) is 0 Å². The molecule has 21 heavy (non-hydrogen) atoms. The van der Waals surface area contributed by atoms with Crippen LogP contribution in [-0.2, 0) is 9.59 Å². The van der Waals surface area contributed by atoms with Gasteiger partial charge in [-0.2, -0.15) is 0 Å². The third-order valence-electron chi connectivity index (χ3n) is 2.53. The highest BCUT2D eigenvalue weighted by molar-refractivity contribution is 6.32. The van der Waals surface area contributed by atoms with Crippen LogP contribution in [-0.4, -0.2) is 37.4 Å². The zero-order valence-corrected chi connectivity index (χ0v) is 13.0. The summed E-state index contributed by atoms with van der Waals surface area (Å²) in [4.78, 5) is 22.4. The molecule has 2 amide bonds.